The second kappa shape index (κ2) is 10.1. The zero-order chi connectivity index (χ0) is 19.1. The zero-order valence-electron chi connectivity index (χ0n) is 17.1. The summed E-state index contributed by atoms with van der Waals surface area (Å²) in [6.07, 6.45) is 8.88. The van der Waals surface area contributed by atoms with E-state index in [2.05, 4.69) is 67.1 Å². The number of aromatic nitrogens is 1. The zero-order valence-corrected chi connectivity index (χ0v) is 17.1. The van der Waals surface area contributed by atoms with Crippen molar-refractivity contribution in [1.29, 1.82) is 0 Å². The smallest absolute Gasteiger partial charge is 0.118 e. The van der Waals surface area contributed by atoms with E-state index in [1.165, 1.54) is 54.8 Å². The maximum atomic E-state index is 10.5. The van der Waals surface area contributed by atoms with Crippen LogP contribution in [0.2, 0.25) is 0 Å². The van der Waals surface area contributed by atoms with Crippen LogP contribution in [0.3, 0.4) is 0 Å². The molecule has 0 spiro atoms. The normalized spacial score (nSPS) is 17.9. The topological polar surface area (TPSA) is 29.6 Å². The Balaban J connectivity index is 1.68. The van der Waals surface area contributed by atoms with E-state index in [-0.39, 0.29) is 6.10 Å². The fourth-order valence-electron chi connectivity index (χ4n) is 4.36. The van der Waals surface area contributed by atoms with E-state index in [0.29, 0.717) is 5.92 Å². The van der Waals surface area contributed by atoms with Crippen LogP contribution in [0.4, 0.5) is 0 Å². The van der Waals surface area contributed by atoms with E-state index in [0.717, 1.165) is 25.6 Å². The number of aliphatic hydroxyl groups is 1. The SMILES string of the molecule is CC(C)[C@H](O)C[NH+](Cc1cccn1Cc1ccccc1)CC1CCCCC1. The second-order valence-corrected chi connectivity index (χ2v) is 8.76. The predicted molar refractivity (Wildman–Crippen MR) is 112 cm³/mol. The van der Waals surface area contributed by atoms with E-state index in [4.69, 9.17) is 0 Å². The molecule has 2 atom stereocenters. The summed E-state index contributed by atoms with van der Waals surface area (Å²) < 4.78 is 2.37. The van der Waals surface area contributed by atoms with Crippen LogP contribution < -0.4 is 4.90 Å². The molecule has 2 aromatic rings. The molecule has 3 nitrogen and oxygen atoms in total. The molecule has 1 saturated carbocycles. The Bertz CT molecular complexity index is 658. The third kappa shape index (κ3) is 6.22. The van der Waals surface area contributed by atoms with Crippen LogP contribution in [0, 0.1) is 11.8 Å². The summed E-state index contributed by atoms with van der Waals surface area (Å²) in [6, 6.07) is 15.1. The minimum absolute atomic E-state index is 0.221. The molecule has 3 heteroatoms. The fourth-order valence-corrected chi connectivity index (χ4v) is 4.36. The number of rotatable bonds is 9. The van der Waals surface area contributed by atoms with Crippen molar-refractivity contribution in [3.63, 3.8) is 0 Å². The highest BCUT2D eigenvalue weighted by Crippen LogP contribution is 2.22. The number of hydrogen-bond acceptors (Lipinski definition) is 1. The minimum Gasteiger partial charge on any atom is -0.387 e. The lowest BCUT2D eigenvalue weighted by Gasteiger charge is -2.29. The molecule has 0 saturated heterocycles. The van der Waals surface area contributed by atoms with Crippen molar-refractivity contribution in [2.75, 3.05) is 13.1 Å². The molecule has 1 aliphatic carbocycles. The summed E-state index contributed by atoms with van der Waals surface area (Å²) in [4.78, 5) is 1.54. The second-order valence-electron chi connectivity index (χ2n) is 8.76. The highest BCUT2D eigenvalue weighted by molar-refractivity contribution is 5.17. The predicted octanol–water partition coefficient (Wildman–Crippen LogP) is 3.52. The number of benzene rings is 1. The fraction of sp³-hybridized carbons (Fsp3) is 0.583. The largest absolute Gasteiger partial charge is 0.387 e. The lowest BCUT2D eigenvalue weighted by atomic mass is 9.88. The molecule has 1 fully saturated rings. The molecule has 148 valence electrons. The van der Waals surface area contributed by atoms with Gasteiger partial charge in [-0.15, -0.1) is 0 Å². The van der Waals surface area contributed by atoms with Crippen LogP contribution in [0.25, 0.3) is 0 Å². The van der Waals surface area contributed by atoms with Crippen molar-refractivity contribution >= 4 is 0 Å². The Morgan fingerprint density at radius 1 is 1.04 bits per heavy atom. The number of aliphatic hydroxyl groups excluding tert-OH is 1. The lowest BCUT2D eigenvalue weighted by molar-refractivity contribution is -0.921. The number of hydrogen-bond donors (Lipinski definition) is 2. The van der Waals surface area contributed by atoms with E-state index in [1.54, 1.807) is 0 Å². The minimum atomic E-state index is -0.221. The van der Waals surface area contributed by atoms with Crippen LogP contribution in [0.5, 0.6) is 0 Å². The van der Waals surface area contributed by atoms with Crippen LogP contribution in [0.1, 0.15) is 57.2 Å². The number of nitrogens with one attached hydrogen (secondary N) is 1. The first kappa shape index (κ1) is 20.2. The van der Waals surface area contributed by atoms with Crippen molar-refractivity contribution in [2.24, 2.45) is 11.8 Å². The van der Waals surface area contributed by atoms with E-state index >= 15 is 0 Å². The summed E-state index contributed by atoms with van der Waals surface area (Å²) in [6.45, 7) is 8.22. The molecular formula is C24H37N2O+. The quantitative estimate of drug-likeness (QED) is 0.696. The van der Waals surface area contributed by atoms with Gasteiger partial charge >= 0.3 is 0 Å². The van der Waals surface area contributed by atoms with Crippen molar-refractivity contribution in [2.45, 2.75) is 65.1 Å². The summed E-state index contributed by atoms with van der Waals surface area (Å²) in [5, 5.41) is 10.5. The maximum absolute atomic E-state index is 10.5. The van der Waals surface area contributed by atoms with E-state index in [9.17, 15) is 5.11 Å². The van der Waals surface area contributed by atoms with Gasteiger partial charge in [-0.1, -0.05) is 63.4 Å². The highest BCUT2D eigenvalue weighted by atomic mass is 16.3. The molecule has 1 aromatic carbocycles. The van der Waals surface area contributed by atoms with Gasteiger partial charge in [0, 0.05) is 18.7 Å². The molecule has 2 N–H and O–H groups in total. The Kier molecular flexibility index (Phi) is 7.54. The van der Waals surface area contributed by atoms with Crippen LogP contribution in [-0.2, 0) is 13.1 Å². The number of nitrogens with zero attached hydrogens (tertiary/aromatic N) is 1. The molecule has 0 bridgehead atoms. The molecule has 1 aliphatic rings. The van der Waals surface area contributed by atoms with Crippen LogP contribution >= 0.6 is 0 Å². The summed E-state index contributed by atoms with van der Waals surface area (Å²) >= 11 is 0. The Labute approximate surface area is 165 Å². The summed E-state index contributed by atoms with van der Waals surface area (Å²) in [5.74, 6) is 1.15. The van der Waals surface area contributed by atoms with Crippen LogP contribution in [-0.4, -0.2) is 28.9 Å². The van der Waals surface area contributed by atoms with Gasteiger partial charge in [-0.05, 0) is 36.5 Å². The van der Waals surface area contributed by atoms with Gasteiger partial charge in [0.15, 0.2) is 0 Å². The molecule has 3 rings (SSSR count). The van der Waals surface area contributed by atoms with Gasteiger partial charge in [0.05, 0.1) is 12.2 Å². The molecule has 27 heavy (non-hydrogen) atoms. The highest BCUT2D eigenvalue weighted by Gasteiger charge is 2.24. The van der Waals surface area contributed by atoms with Gasteiger partial charge in [0.25, 0.3) is 0 Å². The van der Waals surface area contributed by atoms with Crippen molar-refractivity contribution in [3.05, 3.63) is 59.9 Å². The number of quaternary nitrogens is 1. The molecule has 0 aliphatic heterocycles. The standard InChI is InChI=1S/C24H36N2O/c1-20(2)24(27)19-25(16-21-10-5-3-6-11-21)18-23-14-9-15-26(23)17-22-12-7-4-8-13-22/h4,7-9,12-15,20-21,24,27H,3,5-6,10-11,16-19H2,1-2H3/p+1/t24-/m1/s1. The van der Waals surface area contributed by atoms with Gasteiger partial charge in [-0.2, -0.15) is 0 Å². The van der Waals surface area contributed by atoms with Crippen LogP contribution in [0.15, 0.2) is 48.7 Å². The molecule has 1 aromatic heterocycles. The van der Waals surface area contributed by atoms with Gasteiger partial charge in [-0.3, -0.25) is 0 Å². The Morgan fingerprint density at radius 2 is 1.78 bits per heavy atom. The lowest BCUT2D eigenvalue weighted by Crippen LogP contribution is -3.12. The Morgan fingerprint density at radius 3 is 2.48 bits per heavy atom. The maximum Gasteiger partial charge on any atom is 0.118 e. The van der Waals surface area contributed by atoms with Crippen molar-refractivity contribution in [3.8, 4) is 0 Å². The first-order chi connectivity index (χ1) is 13.1. The first-order valence-electron chi connectivity index (χ1n) is 10.8. The molecular weight excluding hydrogens is 332 g/mol. The average molecular weight is 370 g/mol. The third-order valence-corrected chi connectivity index (χ3v) is 6.12. The molecule has 0 amide bonds. The van der Waals surface area contributed by atoms with Gasteiger partial charge in [-0.25, -0.2) is 0 Å². The molecule has 0 radical (unpaired) electrons. The third-order valence-electron chi connectivity index (χ3n) is 6.12. The molecule has 1 unspecified atom stereocenters. The Hall–Kier alpha value is -1.58. The average Bonchev–Trinajstić information content (AvgIpc) is 3.10. The van der Waals surface area contributed by atoms with Gasteiger partial charge in [0.1, 0.15) is 19.2 Å². The van der Waals surface area contributed by atoms with E-state index in [1.807, 2.05) is 0 Å². The molecule has 1 heterocycles. The summed E-state index contributed by atoms with van der Waals surface area (Å²) in [7, 11) is 0. The van der Waals surface area contributed by atoms with Crippen molar-refractivity contribution in [1.82, 2.24) is 4.57 Å². The summed E-state index contributed by atoms with van der Waals surface area (Å²) in [5.41, 5.74) is 2.71. The van der Waals surface area contributed by atoms with Gasteiger partial charge in [0.2, 0.25) is 0 Å². The monoisotopic (exact) mass is 369 g/mol. The van der Waals surface area contributed by atoms with Gasteiger partial charge < -0.3 is 14.6 Å². The van der Waals surface area contributed by atoms with Crippen molar-refractivity contribution < 1.29 is 10.0 Å². The first-order valence-corrected chi connectivity index (χ1v) is 10.8. The van der Waals surface area contributed by atoms with E-state index < -0.39 is 0 Å².